The quantitative estimate of drug-likeness (QED) is 0.445. The van der Waals surface area contributed by atoms with Gasteiger partial charge in [0.2, 0.25) is 0 Å². The number of rotatable bonds is 6. The van der Waals surface area contributed by atoms with Crippen molar-refractivity contribution in [1.29, 1.82) is 0 Å². The lowest BCUT2D eigenvalue weighted by Crippen LogP contribution is -2.42. The molecule has 2 aromatic rings. The Bertz CT molecular complexity index is 1040. The molecule has 1 amide bonds. The third-order valence-corrected chi connectivity index (χ3v) is 7.58. The number of pyridine rings is 1. The number of aliphatic hydroxyl groups is 1. The van der Waals surface area contributed by atoms with Crippen LogP contribution >= 0.6 is 11.6 Å². The Morgan fingerprint density at radius 3 is 2.57 bits per heavy atom. The van der Waals surface area contributed by atoms with Gasteiger partial charge in [-0.25, -0.2) is 4.98 Å². The lowest BCUT2D eigenvalue weighted by atomic mass is 9.94. The fraction of sp³-hybridized carbons (Fsp3) is 0.519. The summed E-state index contributed by atoms with van der Waals surface area (Å²) in [7, 11) is 1.43. The first-order chi connectivity index (χ1) is 16.9. The number of hydrogen-bond donors (Lipinski definition) is 2. The molecule has 1 aliphatic carbocycles. The Labute approximate surface area is 211 Å². The third kappa shape index (κ3) is 6.14. The van der Waals surface area contributed by atoms with E-state index >= 15 is 0 Å². The number of esters is 1. The van der Waals surface area contributed by atoms with Crippen LogP contribution in [0.4, 0.5) is 5.82 Å². The highest BCUT2D eigenvalue weighted by atomic mass is 35.5. The van der Waals surface area contributed by atoms with E-state index in [1.807, 2.05) is 18.2 Å². The largest absolute Gasteiger partial charge is 0.469 e. The first-order valence-corrected chi connectivity index (χ1v) is 12.9. The van der Waals surface area contributed by atoms with Crippen LogP contribution in [0.3, 0.4) is 0 Å². The van der Waals surface area contributed by atoms with Crippen molar-refractivity contribution in [1.82, 2.24) is 10.3 Å². The lowest BCUT2D eigenvalue weighted by Gasteiger charge is -2.32. The molecule has 2 fully saturated rings. The second-order valence-corrected chi connectivity index (χ2v) is 10.1. The number of methoxy groups -OCH3 is 1. The van der Waals surface area contributed by atoms with Crippen molar-refractivity contribution in [3.63, 3.8) is 0 Å². The van der Waals surface area contributed by atoms with Gasteiger partial charge in [-0.3, -0.25) is 9.59 Å². The molecule has 7 nitrogen and oxygen atoms in total. The first-order valence-electron chi connectivity index (χ1n) is 12.5. The number of amides is 1. The van der Waals surface area contributed by atoms with Gasteiger partial charge in [-0.15, -0.1) is 0 Å². The Morgan fingerprint density at radius 2 is 1.89 bits per heavy atom. The molecule has 0 radical (unpaired) electrons. The summed E-state index contributed by atoms with van der Waals surface area (Å²) < 4.78 is 4.90. The molecule has 1 aliphatic heterocycles. The molecule has 2 heterocycles. The first kappa shape index (κ1) is 25.5. The van der Waals surface area contributed by atoms with Gasteiger partial charge in [0.1, 0.15) is 5.82 Å². The molecule has 2 N–H and O–H groups in total. The van der Waals surface area contributed by atoms with Crippen LogP contribution in [0.15, 0.2) is 36.5 Å². The van der Waals surface area contributed by atoms with E-state index < -0.39 is 5.60 Å². The highest BCUT2D eigenvalue weighted by Gasteiger charge is 2.30. The van der Waals surface area contributed by atoms with Crippen molar-refractivity contribution < 1.29 is 19.4 Å². The Kier molecular flexibility index (Phi) is 8.29. The zero-order valence-corrected chi connectivity index (χ0v) is 21.0. The highest BCUT2D eigenvalue weighted by Crippen LogP contribution is 2.34. The Morgan fingerprint density at radius 1 is 1.17 bits per heavy atom. The van der Waals surface area contributed by atoms with Gasteiger partial charge in [-0.1, -0.05) is 43.4 Å². The van der Waals surface area contributed by atoms with Crippen LogP contribution in [-0.4, -0.2) is 54.3 Å². The van der Waals surface area contributed by atoms with E-state index in [0.29, 0.717) is 49.4 Å². The fourth-order valence-electron chi connectivity index (χ4n) is 5.14. The van der Waals surface area contributed by atoms with Crippen LogP contribution in [0.2, 0.25) is 5.02 Å². The minimum Gasteiger partial charge on any atom is -0.469 e. The van der Waals surface area contributed by atoms with Crippen molar-refractivity contribution >= 4 is 29.3 Å². The molecule has 188 valence electrons. The number of halogens is 1. The Balaban J connectivity index is 1.51. The van der Waals surface area contributed by atoms with Gasteiger partial charge in [0.15, 0.2) is 0 Å². The van der Waals surface area contributed by atoms with Gasteiger partial charge in [0.25, 0.3) is 5.91 Å². The van der Waals surface area contributed by atoms with Crippen molar-refractivity contribution in [3.05, 3.63) is 47.1 Å². The van der Waals surface area contributed by atoms with E-state index in [2.05, 4.69) is 15.2 Å². The zero-order valence-electron chi connectivity index (χ0n) is 20.3. The summed E-state index contributed by atoms with van der Waals surface area (Å²) in [4.78, 5) is 31.8. The van der Waals surface area contributed by atoms with Crippen LogP contribution in [0.1, 0.15) is 61.7 Å². The number of piperidine rings is 1. The van der Waals surface area contributed by atoms with Crippen LogP contribution in [0.5, 0.6) is 0 Å². The summed E-state index contributed by atoms with van der Waals surface area (Å²) in [5, 5.41) is 14.2. The zero-order chi connectivity index (χ0) is 24.8. The minimum absolute atomic E-state index is 0.0856. The van der Waals surface area contributed by atoms with Gasteiger partial charge in [0, 0.05) is 31.4 Å². The van der Waals surface area contributed by atoms with E-state index in [0.717, 1.165) is 42.6 Å². The molecule has 0 atom stereocenters. The molecule has 35 heavy (non-hydrogen) atoms. The highest BCUT2D eigenvalue weighted by molar-refractivity contribution is 6.34. The maximum Gasteiger partial charge on any atom is 0.308 e. The smallest absolute Gasteiger partial charge is 0.308 e. The number of aromatic nitrogens is 1. The normalized spacial score (nSPS) is 18.5. The summed E-state index contributed by atoms with van der Waals surface area (Å²) in [5.74, 6) is 0.279. The minimum atomic E-state index is -0.858. The SMILES string of the molecule is COC(=O)C1CCN(c2ncccc2-c2ccc(Cl)c(C(=O)NCC3(O)CCCCCC3)c2)CC1. The van der Waals surface area contributed by atoms with Gasteiger partial charge in [-0.05, 0) is 55.5 Å². The average molecular weight is 500 g/mol. The van der Waals surface area contributed by atoms with E-state index in [1.54, 1.807) is 18.3 Å². The number of benzene rings is 1. The van der Waals surface area contributed by atoms with Crippen LogP contribution in [0, 0.1) is 5.92 Å². The standard InChI is InChI=1S/C27H34ClN3O4/c1-35-26(33)19-10-15-31(16-11-19)24-21(7-6-14-29-24)20-8-9-23(28)22(17-20)25(32)30-18-27(34)12-4-2-3-5-13-27/h6-9,14,17,19,34H,2-5,10-13,15-16,18H2,1H3,(H,30,32). The van der Waals surface area contributed by atoms with Gasteiger partial charge >= 0.3 is 5.97 Å². The van der Waals surface area contributed by atoms with Crippen molar-refractivity contribution in [2.45, 2.75) is 57.0 Å². The summed E-state index contributed by atoms with van der Waals surface area (Å²) in [5.41, 5.74) is 1.26. The predicted molar refractivity (Wildman–Crippen MR) is 137 cm³/mol. The summed E-state index contributed by atoms with van der Waals surface area (Å²) in [6, 6.07) is 9.26. The third-order valence-electron chi connectivity index (χ3n) is 7.25. The number of carbonyl (C=O) groups excluding carboxylic acids is 2. The summed E-state index contributed by atoms with van der Waals surface area (Å²) >= 11 is 6.42. The number of carbonyl (C=O) groups is 2. The summed E-state index contributed by atoms with van der Waals surface area (Å²) in [6.45, 7) is 1.62. The molecule has 4 rings (SSSR count). The number of anilines is 1. The van der Waals surface area contributed by atoms with Crippen molar-refractivity contribution in [2.24, 2.45) is 5.92 Å². The molecule has 1 saturated heterocycles. The monoisotopic (exact) mass is 499 g/mol. The molecular formula is C27H34ClN3O4. The average Bonchev–Trinajstić information content (AvgIpc) is 3.12. The van der Waals surface area contributed by atoms with E-state index in [9.17, 15) is 14.7 Å². The topological polar surface area (TPSA) is 91.8 Å². The number of nitrogens with one attached hydrogen (secondary N) is 1. The molecule has 1 aromatic heterocycles. The van der Waals surface area contributed by atoms with Crippen molar-refractivity contribution in [3.8, 4) is 11.1 Å². The van der Waals surface area contributed by atoms with Gasteiger partial charge in [0.05, 0.1) is 29.2 Å². The summed E-state index contributed by atoms with van der Waals surface area (Å²) in [6.07, 6.45) is 8.77. The molecule has 0 bridgehead atoms. The van der Waals surface area contributed by atoms with Crippen LogP contribution in [-0.2, 0) is 9.53 Å². The second-order valence-electron chi connectivity index (χ2n) is 9.67. The predicted octanol–water partition coefficient (Wildman–Crippen LogP) is 4.61. The lowest BCUT2D eigenvalue weighted by molar-refractivity contribution is -0.146. The fourth-order valence-corrected chi connectivity index (χ4v) is 5.34. The van der Waals surface area contributed by atoms with E-state index in [4.69, 9.17) is 16.3 Å². The molecule has 0 spiro atoms. The van der Waals surface area contributed by atoms with Crippen LogP contribution < -0.4 is 10.2 Å². The van der Waals surface area contributed by atoms with Crippen molar-refractivity contribution in [2.75, 3.05) is 31.6 Å². The Hall–Kier alpha value is -2.64. The molecule has 1 aromatic carbocycles. The number of nitrogens with zero attached hydrogens (tertiary/aromatic N) is 2. The number of hydrogen-bond acceptors (Lipinski definition) is 6. The van der Waals surface area contributed by atoms with E-state index in [-0.39, 0.29) is 24.3 Å². The van der Waals surface area contributed by atoms with E-state index in [1.165, 1.54) is 7.11 Å². The molecule has 2 aliphatic rings. The maximum absolute atomic E-state index is 13.1. The molecule has 0 unspecified atom stereocenters. The maximum atomic E-state index is 13.1. The molecular weight excluding hydrogens is 466 g/mol. The number of ether oxygens (including phenoxy) is 1. The van der Waals surface area contributed by atoms with Crippen LogP contribution in [0.25, 0.3) is 11.1 Å². The molecule has 8 heteroatoms. The van der Waals surface area contributed by atoms with Gasteiger partial charge < -0.3 is 20.1 Å². The van der Waals surface area contributed by atoms with Gasteiger partial charge in [-0.2, -0.15) is 0 Å². The second kappa shape index (κ2) is 11.4. The molecule has 1 saturated carbocycles.